The average Bonchev–Trinajstić information content (AvgIpc) is 3.01. The summed E-state index contributed by atoms with van der Waals surface area (Å²) in [5.74, 6) is 0.288. The van der Waals surface area contributed by atoms with Gasteiger partial charge in [0.1, 0.15) is 4.70 Å². The Kier molecular flexibility index (Phi) is 5.03. The van der Waals surface area contributed by atoms with E-state index in [9.17, 15) is 4.79 Å². The van der Waals surface area contributed by atoms with E-state index in [2.05, 4.69) is 42.2 Å². The SMILES string of the molecule is CCCn1c(SCC#N)nc2cc(-c3ccc(C)cc3)sc2c1=O. The number of thioether (sulfide) groups is 1. The van der Waals surface area contributed by atoms with E-state index in [0.717, 1.165) is 16.9 Å². The fourth-order valence-electron chi connectivity index (χ4n) is 2.48. The fourth-order valence-corrected chi connectivity index (χ4v) is 4.22. The predicted molar refractivity (Wildman–Crippen MR) is 101 cm³/mol. The molecule has 0 spiro atoms. The third kappa shape index (κ3) is 3.23. The molecule has 122 valence electrons. The van der Waals surface area contributed by atoms with E-state index in [-0.39, 0.29) is 11.3 Å². The maximum Gasteiger partial charge on any atom is 0.272 e. The normalized spacial score (nSPS) is 10.9. The molecular formula is C18H17N3OS2. The van der Waals surface area contributed by atoms with E-state index < -0.39 is 0 Å². The number of nitrogens with zero attached hydrogens (tertiary/aromatic N) is 3. The highest BCUT2D eigenvalue weighted by Gasteiger charge is 2.15. The number of hydrogen-bond donors (Lipinski definition) is 0. The third-order valence-corrected chi connectivity index (χ3v) is 5.65. The maximum atomic E-state index is 12.8. The molecule has 24 heavy (non-hydrogen) atoms. The minimum absolute atomic E-state index is 0.00866. The van der Waals surface area contributed by atoms with Gasteiger partial charge in [0.2, 0.25) is 0 Å². The van der Waals surface area contributed by atoms with E-state index in [1.54, 1.807) is 4.57 Å². The molecule has 0 aliphatic heterocycles. The Balaban J connectivity index is 2.14. The number of hydrogen-bond acceptors (Lipinski definition) is 5. The summed E-state index contributed by atoms with van der Waals surface area (Å²) in [7, 11) is 0. The monoisotopic (exact) mass is 355 g/mol. The van der Waals surface area contributed by atoms with Gasteiger partial charge in [-0.25, -0.2) is 4.98 Å². The van der Waals surface area contributed by atoms with Crippen molar-refractivity contribution in [2.24, 2.45) is 0 Å². The number of aryl methyl sites for hydroxylation is 1. The molecule has 1 aromatic carbocycles. The highest BCUT2D eigenvalue weighted by atomic mass is 32.2. The molecule has 0 N–H and O–H groups in total. The van der Waals surface area contributed by atoms with Gasteiger partial charge in [-0.3, -0.25) is 9.36 Å². The Morgan fingerprint density at radius 1 is 1.33 bits per heavy atom. The van der Waals surface area contributed by atoms with Crippen molar-refractivity contribution in [2.45, 2.75) is 32.0 Å². The fraction of sp³-hybridized carbons (Fsp3) is 0.278. The maximum absolute atomic E-state index is 12.8. The number of fused-ring (bicyclic) bond motifs is 1. The van der Waals surface area contributed by atoms with E-state index in [0.29, 0.717) is 21.9 Å². The van der Waals surface area contributed by atoms with Gasteiger partial charge in [0, 0.05) is 11.4 Å². The van der Waals surface area contributed by atoms with Crippen LogP contribution in [0.2, 0.25) is 0 Å². The first kappa shape index (κ1) is 16.7. The minimum Gasteiger partial charge on any atom is -0.286 e. The van der Waals surface area contributed by atoms with Crippen LogP contribution in [0.1, 0.15) is 18.9 Å². The molecule has 0 saturated heterocycles. The Morgan fingerprint density at radius 2 is 2.08 bits per heavy atom. The van der Waals surface area contributed by atoms with Crippen molar-refractivity contribution in [2.75, 3.05) is 5.75 Å². The van der Waals surface area contributed by atoms with Gasteiger partial charge in [-0.2, -0.15) is 5.26 Å². The number of nitriles is 1. The summed E-state index contributed by atoms with van der Waals surface area (Å²) in [5, 5.41) is 9.45. The molecule has 0 atom stereocenters. The van der Waals surface area contributed by atoms with Crippen molar-refractivity contribution in [1.82, 2.24) is 9.55 Å². The predicted octanol–water partition coefficient (Wildman–Crippen LogP) is 4.46. The third-order valence-electron chi connectivity index (χ3n) is 3.65. The first-order valence-electron chi connectivity index (χ1n) is 7.75. The molecular weight excluding hydrogens is 338 g/mol. The summed E-state index contributed by atoms with van der Waals surface area (Å²) in [6, 6.07) is 12.3. The second-order valence-electron chi connectivity index (χ2n) is 5.49. The molecule has 0 aliphatic rings. The van der Waals surface area contributed by atoms with Crippen LogP contribution in [0.5, 0.6) is 0 Å². The summed E-state index contributed by atoms with van der Waals surface area (Å²) in [6.07, 6.45) is 0.851. The lowest BCUT2D eigenvalue weighted by Crippen LogP contribution is -2.22. The standard InChI is InChI=1S/C18H17N3OS2/c1-3-9-21-17(22)16-14(20-18(21)23-10-8-19)11-15(24-16)13-6-4-12(2)5-7-13/h4-7,11H,3,9-10H2,1-2H3. The van der Waals surface area contributed by atoms with Crippen molar-refractivity contribution in [3.63, 3.8) is 0 Å². The molecule has 0 radical (unpaired) electrons. The largest absolute Gasteiger partial charge is 0.286 e. The van der Waals surface area contributed by atoms with Crippen molar-refractivity contribution >= 4 is 33.3 Å². The van der Waals surface area contributed by atoms with Gasteiger partial charge in [0.05, 0.1) is 17.3 Å². The van der Waals surface area contributed by atoms with Crippen molar-refractivity contribution < 1.29 is 0 Å². The van der Waals surface area contributed by atoms with Gasteiger partial charge in [-0.05, 0) is 25.0 Å². The Morgan fingerprint density at radius 3 is 2.75 bits per heavy atom. The molecule has 0 fully saturated rings. The number of thiophene rings is 1. The summed E-state index contributed by atoms with van der Waals surface area (Å²) in [4.78, 5) is 18.5. The van der Waals surface area contributed by atoms with Gasteiger partial charge in [-0.1, -0.05) is 48.5 Å². The molecule has 0 amide bonds. The highest BCUT2D eigenvalue weighted by molar-refractivity contribution is 7.99. The lowest BCUT2D eigenvalue weighted by Gasteiger charge is -2.09. The first-order chi connectivity index (χ1) is 11.6. The molecule has 3 aromatic rings. The summed E-state index contributed by atoms with van der Waals surface area (Å²) in [6.45, 7) is 4.70. The minimum atomic E-state index is -0.00866. The van der Waals surface area contributed by atoms with Gasteiger partial charge in [0.25, 0.3) is 5.56 Å². The van der Waals surface area contributed by atoms with Crippen LogP contribution in [0.4, 0.5) is 0 Å². The smallest absolute Gasteiger partial charge is 0.272 e. The van der Waals surface area contributed by atoms with Crippen molar-refractivity contribution in [1.29, 1.82) is 5.26 Å². The van der Waals surface area contributed by atoms with E-state index >= 15 is 0 Å². The molecule has 2 aromatic heterocycles. The molecule has 0 unspecified atom stereocenters. The molecule has 0 saturated carbocycles. The first-order valence-corrected chi connectivity index (χ1v) is 9.55. The van der Waals surface area contributed by atoms with Crippen LogP contribution in [0.25, 0.3) is 20.7 Å². The van der Waals surface area contributed by atoms with Crippen LogP contribution in [0.3, 0.4) is 0 Å². The van der Waals surface area contributed by atoms with Crippen LogP contribution >= 0.6 is 23.1 Å². The molecule has 0 bridgehead atoms. The van der Waals surface area contributed by atoms with E-state index in [1.807, 2.05) is 13.0 Å². The van der Waals surface area contributed by atoms with Gasteiger partial charge in [0.15, 0.2) is 5.16 Å². The zero-order chi connectivity index (χ0) is 17.1. The number of aromatic nitrogens is 2. The Hall–Kier alpha value is -2.10. The second-order valence-corrected chi connectivity index (χ2v) is 7.48. The van der Waals surface area contributed by atoms with Crippen molar-refractivity contribution in [3.8, 4) is 16.5 Å². The Bertz CT molecular complexity index is 965. The summed E-state index contributed by atoms with van der Waals surface area (Å²) in [5.41, 5.74) is 3.01. The summed E-state index contributed by atoms with van der Waals surface area (Å²) >= 11 is 2.80. The molecule has 0 aliphatic carbocycles. The second kappa shape index (κ2) is 7.20. The molecule has 6 heteroatoms. The Labute approximate surface area is 148 Å². The van der Waals surface area contributed by atoms with Gasteiger partial charge in [-0.15, -0.1) is 11.3 Å². The average molecular weight is 355 g/mol. The van der Waals surface area contributed by atoms with Crippen LogP contribution in [0, 0.1) is 18.3 Å². The molecule has 4 nitrogen and oxygen atoms in total. The lowest BCUT2D eigenvalue weighted by molar-refractivity contribution is 0.586. The zero-order valence-corrected chi connectivity index (χ0v) is 15.2. The van der Waals surface area contributed by atoms with E-state index in [1.165, 1.54) is 28.7 Å². The van der Waals surface area contributed by atoms with E-state index in [4.69, 9.17) is 5.26 Å². The molecule has 2 heterocycles. The quantitative estimate of drug-likeness (QED) is 0.501. The topological polar surface area (TPSA) is 58.7 Å². The van der Waals surface area contributed by atoms with Crippen LogP contribution in [-0.4, -0.2) is 15.3 Å². The zero-order valence-electron chi connectivity index (χ0n) is 13.6. The highest BCUT2D eigenvalue weighted by Crippen LogP contribution is 2.32. The van der Waals surface area contributed by atoms with Gasteiger partial charge >= 0.3 is 0 Å². The lowest BCUT2D eigenvalue weighted by atomic mass is 10.1. The van der Waals surface area contributed by atoms with Crippen LogP contribution < -0.4 is 5.56 Å². The van der Waals surface area contributed by atoms with Gasteiger partial charge < -0.3 is 0 Å². The van der Waals surface area contributed by atoms with Crippen molar-refractivity contribution in [3.05, 3.63) is 46.2 Å². The van der Waals surface area contributed by atoms with Crippen LogP contribution in [0.15, 0.2) is 40.3 Å². The molecule has 3 rings (SSSR count). The number of benzene rings is 1. The summed E-state index contributed by atoms with van der Waals surface area (Å²) < 4.78 is 2.38. The van der Waals surface area contributed by atoms with Crippen LogP contribution in [-0.2, 0) is 6.54 Å². The number of rotatable bonds is 5.